The quantitative estimate of drug-likeness (QED) is 0.821. The number of rotatable bonds is 4. The van der Waals surface area contributed by atoms with E-state index >= 15 is 0 Å². The first-order chi connectivity index (χ1) is 8.66. The van der Waals surface area contributed by atoms with E-state index in [2.05, 4.69) is 5.32 Å². The number of nitrogens with one attached hydrogen (secondary N) is 1. The van der Waals surface area contributed by atoms with Crippen LogP contribution in [0.2, 0.25) is 0 Å². The zero-order valence-corrected chi connectivity index (χ0v) is 9.64. The fraction of sp³-hybridized carbons (Fsp3) is 0.333. The second-order valence-corrected chi connectivity index (χ2v) is 3.75. The topological polar surface area (TPSA) is 84.9 Å². The fourth-order valence-corrected chi connectivity index (χ4v) is 1.58. The van der Waals surface area contributed by atoms with Crippen molar-refractivity contribution in [3.63, 3.8) is 0 Å². The molecule has 18 heavy (non-hydrogen) atoms. The predicted molar refractivity (Wildman–Crippen MR) is 62.0 cm³/mol. The van der Waals surface area contributed by atoms with Gasteiger partial charge in [-0.2, -0.15) is 0 Å². The number of ether oxygens (including phenoxy) is 2. The van der Waals surface area contributed by atoms with Gasteiger partial charge in [-0.25, -0.2) is 0 Å². The molecule has 0 saturated carbocycles. The number of benzene rings is 1. The van der Waals surface area contributed by atoms with E-state index in [1.807, 2.05) is 0 Å². The summed E-state index contributed by atoms with van der Waals surface area (Å²) in [6.45, 7) is 0.945. The summed E-state index contributed by atoms with van der Waals surface area (Å²) in [4.78, 5) is 22.0. The SMILES string of the molecule is O=C(O)CCOc1ccc2c(c1)OCCNC2=O. The van der Waals surface area contributed by atoms with E-state index in [1.165, 1.54) is 0 Å². The van der Waals surface area contributed by atoms with Crippen LogP contribution in [0, 0.1) is 0 Å². The lowest BCUT2D eigenvalue weighted by atomic mass is 10.2. The molecule has 1 heterocycles. The largest absolute Gasteiger partial charge is 0.493 e. The van der Waals surface area contributed by atoms with Crippen LogP contribution in [0.1, 0.15) is 16.8 Å². The summed E-state index contributed by atoms with van der Waals surface area (Å²) >= 11 is 0. The van der Waals surface area contributed by atoms with Crippen molar-refractivity contribution in [2.24, 2.45) is 0 Å². The molecule has 0 saturated heterocycles. The van der Waals surface area contributed by atoms with E-state index < -0.39 is 5.97 Å². The highest BCUT2D eigenvalue weighted by atomic mass is 16.5. The summed E-state index contributed by atoms with van der Waals surface area (Å²) in [5.74, 6) is -0.150. The Bertz CT molecular complexity index is 472. The van der Waals surface area contributed by atoms with Gasteiger partial charge in [-0.3, -0.25) is 9.59 Å². The molecule has 0 aliphatic carbocycles. The van der Waals surface area contributed by atoms with Crippen LogP contribution in [-0.4, -0.2) is 36.7 Å². The second-order valence-electron chi connectivity index (χ2n) is 3.75. The van der Waals surface area contributed by atoms with Crippen LogP contribution in [0.5, 0.6) is 11.5 Å². The lowest BCUT2D eigenvalue weighted by Crippen LogP contribution is -2.24. The van der Waals surface area contributed by atoms with Gasteiger partial charge in [0.15, 0.2) is 0 Å². The summed E-state index contributed by atoms with van der Waals surface area (Å²) in [6.07, 6.45) is -0.0710. The molecule has 0 spiro atoms. The molecular formula is C12H13NO5. The number of fused-ring (bicyclic) bond motifs is 1. The second kappa shape index (κ2) is 5.39. The Labute approximate surface area is 104 Å². The van der Waals surface area contributed by atoms with Crippen LogP contribution in [0.4, 0.5) is 0 Å². The lowest BCUT2D eigenvalue weighted by molar-refractivity contribution is -0.137. The van der Waals surface area contributed by atoms with Crippen molar-refractivity contribution < 1.29 is 24.2 Å². The molecule has 6 heteroatoms. The Morgan fingerprint density at radius 2 is 2.33 bits per heavy atom. The highest BCUT2D eigenvalue weighted by molar-refractivity contribution is 5.97. The Kier molecular flexibility index (Phi) is 3.66. The molecule has 2 rings (SSSR count). The zero-order chi connectivity index (χ0) is 13.0. The Hall–Kier alpha value is -2.24. The summed E-state index contributed by atoms with van der Waals surface area (Å²) in [5, 5.41) is 11.2. The molecular weight excluding hydrogens is 238 g/mol. The van der Waals surface area contributed by atoms with Crippen molar-refractivity contribution in [2.45, 2.75) is 6.42 Å². The predicted octanol–water partition coefficient (Wildman–Crippen LogP) is 0.662. The first-order valence-electron chi connectivity index (χ1n) is 5.56. The number of carboxylic acids is 1. The molecule has 0 unspecified atom stereocenters. The Morgan fingerprint density at radius 3 is 3.11 bits per heavy atom. The molecule has 1 aromatic rings. The summed E-state index contributed by atoms with van der Waals surface area (Å²) in [5.41, 5.74) is 0.457. The minimum atomic E-state index is -0.916. The minimum Gasteiger partial charge on any atom is -0.493 e. The van der Waals surface area contributed by atoms with Gasteiger partial charge in [-0.05, 0) is 12.1 Å². The third-order valence-electron chi connectivity index (χ3n) is 2.43. The molecule has 0 atom stereocenters. The number of carbonyl (C=O) groups is 2. The summed E-state index contributed by atoms with van der Waals surface area (Å²) < 4.78 is 10.7. The first-order valence-corrected chi connectivity index (χ1v) is 5.56. The first kappa shape index (κ1) is 12.2. The molecule has 0 radical (unpaired) electrons. The van der Waals surface area contributed by atoms with Gasteiger partial charge in [0.05, 0.1) is 25.1 Å². The smallest absolute Gasteiger partial charge is 0.306 e. The molecule has 1 aliphatic heterocycles. The normalized spacial score (nSPS) is 13.9. The van der Waals surface area contributed by atoms with Gasteiger partial charge in [0.1, 0.15) is 18.1 Å². The van der Waals surface area contributed by atoms with Gasteiger partial charge in [-0.1, -0.05) is 0 Å². The lowest BCUT2D eigenvalue weighted by Gasteiger charge is -2.09. The maximum atomic E-state index is 11.6. The number of carbonyl (C=O) groups excluding carboxylic acids is 1. The van der Waals surface area contributed by atoms with E-state index in [4.69, 9.17) is 14.6 Å². The van der Waals surface area contributed by atoms with E-state index in [0.717, 1.165) is 0 Å². The molecule has 1 aromatic carbocycles. The highest BCUT2D eigenvalue weighted by Crippen LogP contribution is 2.26. The molecule has 96 valence electrons. The number of amides is 1. The average Bonchev–Trinajstić information content (AvgIpc) is 2.51. The maximum absolute atomic E-state index is 11.6. The third-order valence-corrected chi connectivity index (χ3v) is 2.43. The van der Waals surface area contributed by atoms with Gasteiger partial charge in [0.2, 0.25) is 0 Å². The van der Waals surface area contributed by atoms with Crippen LogP contribution >= 0.6 is 0 Å². The minimum absolute atomic E-state index is 0.0710. The van der Waals surface area contributed by atoms with Crippen LogP contribution in [0.3, 0.4) is 0 Å². The van der Waals surface area contributed by atoms with Crippen molar-refractivity contribution >= 4 is 11.9 Å². The van der Waals surface area contributed by atoms with Gasteiger partial charge < -0.3 is 19.9 Å². The number of aliphatic carboxylic acids is 1. The van der Waals surface area contributed by atoms with Crippen molar-refractivity contribution in [2.75, 3.05) is 19.8 Å². The van der Waals surface area contributed by atoms with Crippen molar-refractivity contribution in [3.8, 4) is 11.5 Å². The van der Waals surface area contributed by atoms with Crippen LogP contribution in [0.15, 0.2) is 18.2 Å². The third kappa shape index (κ3) is 2.91. The van der Waals surface area contributed by atoms with E-state index in [9.17, 15) is 9.59 Å². The average molecular weight is 251 g/mol. The van der Waals surface area contributed by atoms with E-state index in [0.29, 0.717) is 30.2 Å². The van der Waals surface area contributed by atoms with Gasteiger partial charge >= 0.3 is 5.97 Å². The molecule has 0 aromatic heterocycles. The van der Waals surface area contributed by atoms with E-state index in [1.54, 1.807) is 18.2 Å². The Balaban J connectivity index is 2.08. The Morgan fingerprint density at radius 1 is 1.50 bits per heavy atom. The molecule has 0 fully saturated rings. The number of hydrogen-bond acceptors (Lipinski definition) is 4. The number of carboxylic acid groups (broad SMARTS) is 1. The fourth-order valence-electron chi connectivity index (χ4n) is 1.58. The highest BCUT2D eigenvalue weighted by Gasteiger charge is 2.16. The van der Waals surface area contributed by atoms with Gasteiger partial charge in [-0.15, -0.1) is 0 Å². The zero-order valence-electron chi connectivity index (χ0n) is 9.64. The van der Waals surface area contributed by atoms with E-state index in [-0.39, 0.29) is 18.9 Å². The summed E-state index contributed by atoms with van der Waals surface area (Å²) in [7, 11) is 0. The maximum Gasteiger partial charge on any atom is 0.306 e. The molecule has 0 bridgehead atoms. The molecule has 2 N–H and O–H groups in total. The molecule has 1 aliphatic rings. The number of hydrogen-bond donors (Lipinski definition) is 2. The molecule has 6 nitrogen and oxygen atoms in total. The summed E-state index contributed by atoms with van der Waals surface area (Å²) in [6, 6.07) is 4.82. The van der Waals surface area contributed by atoms with Gasteiger partial charge in [0, 0.05) is 6.07 Å². The standard InChI is InChI=1S/C12H13NO5/c14-11(15)3-5-17-8-1-2-9-10(7-8)18-6-4-13-12(9)16/h1-2,7H,3-6H2,(H,13,16)(H,14,15). The van der Waals surface area contributed by atoms with Crippen LogP contribution < -0.4 is 14.8 Å². The van der Waals surface area contributed by atoms with Crippen LogP contribution in [-0.2, 0) is 4.79 Å². The van der Waals surface area contributed by atoms with Gasteiger partial charge in [0.25, 0.3) is 5.91 Å². The molecule has 1 amide bonds. The van der Waals surface area contributed by atoms with Crippen molar-refractivity contribution in [1.82, 2.24) is 5.32 Å². The monoisotopic (exact) mass is 251 g/mol. The van der Waals surface area contributed by atoms with Crippen molar-refractivity contribution in [3.05, 3.63) is 23.8 Å². The van der Waals surface area contributed by atoms with Crippen molar-refractivity contribution in [1.29, 1.82) is 0 Å². The van der Waals surface area contributed by atoms with Crippen LogP contribution in [0.25, 0.3) is 0 Å².